The van der Waals surface area contributed by atoms with Gasteiger partial charge in [-0.15, -0.1) is 0 Å². The third-order valence-corrected chi connectivity index (χ3v) is 1.60. The number of hydrogen-bond acceptors (Lipinski definition) is 3. The first-order valence-corrected chi connectivity index (χ1v) is 3.73. The van der Waals surface area contributed by atoms with Gasteiger partial charge in [-0.2, -0.15) is 0 Å². The lowest BCUT2D eigenvalue weighted by molar-refractivity contribution is 0.165. The maximum atomic E-state index is 12.9. The van der Waals surface area contributed by atoms with Crippen LogP contribution in [0.3, 0.4) is 0 Å². The molecule has 0 saturated carbocycles. The summed E-state index contributed by atoms with van der Waals surface area (Å²) in [7, 11) is 0. The summed E-state index contributed by atoms with van der Waals surface area (Å²) in [6.45, 7) is 0.336. The smallest absolute Gasteiger partial charge is 0.147 e. The fraction of sp³-hybridized carbons (Fsp3) is 0.375. The van der Waals surface area contributed by atoms with Crippen molar-refractivity contribution in [1.82, 2.24) is 4.98 Å². The van der Waals surface area contributed by atoms with E-state index in [4.69, 9.17) is 5.73 Å². The lowest BCUT2D eigenvalue weighted by Crippen LogP contribution is -2.08. The molecule has 1 aromatic heterocycles. The molecule has 66 valence electrons. The van der Waals surface area contributed by atoms with Gasteiger partial charge >= 0.3 is 0 Å². The molecule has 0 aliphatic carbocycles. The Bertz CT molecular complexity index is 255. The van der Waals surface area contributed by atoms with Gasteiger partial charge in [-0.3, -0.25) is 4.98 Å². The minimum Gasteiger partial charge on any atom is -0.388 e. The summed E-state index contributed by atoms with van der Waals surface area (Å²) in [4.78, 5) is 3.57. The van der Waals surface area contributed by atoms with E-state index in [1.807, 2.05) is 0 Å². The van der Waals surface area contributed by atoms with Gasteiger partial charge in [0.1, 0.15) is 5.82 Å². The number of pyridine rings is 1. The molecule has 1 heterocycles. The second kappa shape index (κ2) is 4.13. The lowest BCUT2D eigenvalue weighted by Gasteiger charge is -2.09. The Morgan fingerprint density at radius 3 is 3.00 bits per heavy atom. The van der Waals surface area contributed by atoms with Crippen molar-refractivity contribution in [1.29, 1.82) is 0 Å². The van der Waals surface area contributed by atoms with Crippen LogP contribution in [0.4, 0.5) is 4.39 Å². The molecular formula is C8H11FN2O. The van der Waals surface area contributed by atoms with Gasteiger partial charge in [-0.1, -0.05) is 0 Å². The molecule has 0 radical (unpaired) electrons. The van der Waals surface area contributed by atoms with E-state index in [9.17, 15) is 9.50 Å². The van der Waals surface area contributed by atoms with Crippen LogP contribution >= 0.6 is 0 Å². The maximum absolute atomic E-state index is 12.9. The quantitative estimate of drug-likeness (QED) is 0.698. The van der Waals surface area contributed by atoms with E-state index in [-0.39, 0.29) is 5.56 Å². The fourth-order valence-corrected chi connectivity index (χ4v) is 0.970. The Kier molecular flexibility index (Phi) is 3.13. The second-order valence-electron chi connectivity index (χ2n) is 2.49. The zero-order valence-corrected chi connectivity index (χ0v) is 6.57. The van der Waals surface area contributed by atoms with E-state index in [0.717, 1.165) is 6.20 Å². The van der Waals surface area contributed by atoms with Crippen LogP contribution in [0.25, 0.3) is 0 Å². The van der Waals surface area contributed by atoms with Crippen molar-refractivity contribution in [3.05, 3.63) is 29.8 Å². The molecule has 4 heteroatoms. The number of nitrogens with zero attached hydrogens (tertiary/aromatic N) is 1. The summed E-state index contributed by atoms with van der Waals surface area (Å²) in [6.07, 6.45) is 2.06. The Morgan fingerprint density at radius 2 is 2.42 bits per heavy atom. The molecule has 1 rings (SSSR count). The lowest BCUT2D eigenvalue weighted by atomic mass is 10.1. The predicted octanol–water partition coefficient (Wildman–Crippen LogP) is 0.603. The van der Waals surface area contributed by atoms with E-state index in [0.29, 0.717) is 13.0 Å². The SMILES string of the molecule is NCC[C@H](O)c1ccncc1F. The highest BCUT2D eigenvalue weighted by Gasteiger charge is 2.10. The highest BCUT2D eigenvalue weighted by Crippen LogP contribution is 2.17. The molecule has 1 atom stereocenters. The summed E-state index contributed by atoms with van der Waals surface area (Å²) in [5.74, 6) is -0.488. The maximum Gasteiger partial charge on any atom is 0.147 e. The largest absolute Gasteiger partial charge is 0.388 e. The van der Waals surface area contributed by atoms with Crippen LogP contribution in [-0.4, -0.2) is 16.6 Å². The number of halogens is 1. The molecule has 0 aliphatic heterocycles. The predicted molar refractivity (Wildman–Crippen MR) is 42.8 cm³/mol. The van der Waals surface area contributed by atoms with Crippen molar-refractivity contribution in [2.75, 3.05) is 6.54 Å². The van der Waals surface area contributed by atoms with Crippen LogP contribution in [-0.2, 0) is 0 Å². The second-order valence-corrected chi connectivity index (χ2v) is 2.49. The molecule has 3 N–H and O–H groups in total. The van der Waals surface area contributed by atoms with Crippen LogP contribution in [0.5, 0.6) is 0 Å². The van der Waals surface area contributed by atoms with E-state index in [1.165, 1.54) is 12.3 Å². The monoisotopic (exact) mass is 170 g/mol. The zero-order valence-electron chi connectivity index (χ0n) is 6.57. The summed E-state index contributed by atoms with van der Waals surface area (Å²) in [5.41, 5.74) is 5.48. The summed E-state index contributed by atoms with van der Waals surface area (Å²) in [6, 6.07) is 1.45. The normalized spacial score (nSPS) is 12.9. The van der Waals surface area contributed by atoms with Gasteiger partial charge in [0.05, 0.1) is 12.3 Å². The van der Waals surface area contributed by atoms with Gasteiger partial charge in [-0.05, 0) is 19.0 Å². The number of nitrogens with two attached hydrogens (primary N) is 1. The molecule has 0 saturated heterocycles. The Balaban J connectivity index is 2.79. The van der Waals surface area contributed by atoms with Crippen molar-refractivity contribution < 1.29 is 9.50 Å². The average molecular weight is 170 g/mol. The van der Waals surface area contributed by atoms with Gasteiger partial charge in [0, 0.05) is 11.8 Å². The fourth-order valence-electron chi connectivity index (χ4n) is 0.970. The molecule has 1 aromatic rings. The molecule has 0 aliphatic rings. The Hall–Kier alpha value is -1.00. The van der Waals surface area contributed by atoms with Crippen LogP contribution in [0, 0.1) is 5.82 Å². The van der Waals surface area contributed by atoms with Gasteiger partial charge in [0.15, 0.2) is 0 Å². The first-order valence-electron chi connectivity index (χ1n) is 3.73. The standard InChI is InChI=1S/C8H11FN2O/c9-7-5-11-4-2-6(7)8(12)1-3-10/h2,4-5,8,12H,1,3,10H2/t8-/m0/s1. The van der Waals surface area contributed by atoms with Crippen molar-refractivity contribution in [2.24, 2.45) is 5.73 Å². The number of aliphatic hydroxyl groups excluding tert-OH is 1. The number of rotatable bonds is 3. The minimum absolute atomic E-state index is 0.260. The average Bonchev–Trinajstić information content (AvgIpc) is 2.05. The molecule has 0 aromatic carbocycles. The Labute approximate surface area is 70.0 Å². The molecule has 0 fully saturated rings. The molecule has 0 amide bonds. The first-order chi connectivity index (χ1) is 5.75. The van der Waals surface area contributed by atoms with Crippen LogP contribution in [0.15, 0.2) is 18.5 Å². The van der Waals surface area contributed by atoms with Gasteiger partial charge in [0.25, 0.3) is 0 Å². The van der Waals surface area contributed by atoms with Crippen LogP contribution in [0.2, 0.25) is 0 Å². The van der Waals surface area contributed by atoms with E-state index in [2.05, 4.69) is 4.98 Å². The molecule has 12 heavy (non-hydrogen) atoms. The highest BCUT2D eigenvalue weighted by atomic mass is 19.1. The highest BCUT2D eigenvalue weighted by molar-refractivity contribution is 5.15. The topological polar surface area (TPSA) is 59.1 Å². The van der Waals surface area contributed by atoms with Crippen LogP contribution in [0.1, 0.15) is 18.1 Å². The summed E-state index contributed by atoms with van der Waals surface area (Å²) in [5, 5.41) is 9.35. The van der Waals surface area contributed by atoms with Gasteiger partial charge in [-0.25, -0.2) is 4.39 Å². The van der Waals surface area contributed by atoms with Crippen LogP contribution < -0.4 is 5.73 Å². The molecule has 3 nitrogen and oxygen atoms in total. The molecule has 0 spiro atoms. The molecule has 0 bridgehead atoms. The third-order valence-electron chi connectivity index (χ3n) is 1.60. The summed E-state index contributed by atoms with van der Waals surface area (Å²) < 4.78 is 12.9. The van der Waals surface area contributed by atoms with Crippen molar-refractivity contribution in [3.63, 3.8) is 0 Å². The molecule has 0 unspecified atom stereocenters. The Morgan fingerprint density at radius 1 is 1.67 bits per heavy atom. The third kappa shape index (κ3) is 1.99. The summed E-state index contributed by atoms with van der Waals surface area (Å²) >= 11 is 0. The van der Waals surface area contributed by atoms with E-state index in [1.54, 1.807) is 0 Å². The number of aromatic nitrogens is 1. The minimum atomic E-state index is -0.821. The zero-order chi connectivity index (χ0) is 8.97. The number of hydrogen-bond donors (Lipinski definition) is 2. The first kappa shape index (κ1) is 9.09. The van der Waals surface area contributed by atoms with Gasteiger partial charge in [0.2, 0.25) is 0 Å². The van der Waals surface area contributed by atoms with Crippen molar-refractivity contribution >= 4 is 0 Å². The van der Waals surface area contributed by atoms with Gasteiger partial charge < -0.3 is 10.8 Å². The van der Waals surface area contributed by atoms with E-state index >= 15 is 0 Å². The van der Waals surface area contributed by atoms with Crippen molar-refractivity contribution in [3.8, 4) is 0 Å². The molecular weight excluding hydrogens is 159 g/mol. The van der Waals surface area contributed by atoms with E-state index < -0.39 is 11.9 Å². The number of aliphatic hydroxyl groups is 1. The van der Waals surface area contributed by atoms with Crippen molar-refractivity contribution in [2.45, 2.75) is 12.5 Å².